The second-order valence-corrected chi connectivity index (χ2v) is 12.2. The molecular formula is C24H37F2N3O2. The highest BCUT2D eigenvalue weighted by Crippen LogP contribution is 2.55. The van der Waals surface area contributed by atoms with Gasteiger partial charge in [0.1, 0.15) is 0 Å². The number of piperidine rings is 1. The van der Waals surface area contributed by atoms with Gasteiger partial charge >= 0.3 is 0 Å². The minimum Gasteiger partial charge on any atom is -0.389 e. The van der Waals surface area contributed by atoms with E-state index in [0.717, 1.165) is 37.3 Å². The van der Waals surface area contributed by atoms with Crippen LogP contribution in [0, 0.1) is 17.8 Å². The number of carbonyl (C=O) groups is 1. The lowest BCUT2D eigenvalue weighted by Gasteiger charge is -2.59. The Hall–Kier alpha value is -0.790. The summed E-state index contributed by atoms with van der Waals surface area (Å²) in [6, 6.07) is 0.690. The number of carbonyl (C=O) groups excluding carboxylic acids is 1. The van der Waals surface area contributed by atoms with Crippen LogP contribution in [0.25, 0.3) is 0 Å². The number of alkyl halides is 2. The molecule has 0 aromatic rings. The molecule has 31 heavy (non-hydrogen) atoms. The van der Waals surface area contributed by atoms with Crippen molar-refractivity contribution < 1.29 is 18.7 Å². The van der Waals surface area contributed by atoms with Crippen molar-refractivity contribution >= 4 is 5.91 Å². The van der Waals surface area contributed by atoms with Gasteiger partial charge in [0.2, 0.25) is 11.8 Å². The van der Waals surface area contributed by atoms with Gasteiger partial charge < -0.3 is 10.4 Å². The molecule has 8 aliphatic rings. The first-order valence-electron chi connectivity index (χ1n) is 12.6. The van der Waals surface area contributed by atoms with Gasteiger partial charge in [0.05, 0.1) is 12.1 Å². The third-order valence-corrected chi connectivity index (χ3v) is 9.62. The number of aliphatic hydroxyl groups is 1. The number of rotatable bonds is 5. The Balaban J connectivity index is 1.00. The molecule has 5 nitrogen and oxygen atoms in total. The monoisotopic (exact) mass is 437 g/mol. The molecule has 0 aromatic heterocycles. The Morgan fingerprint density at radius 3 is 2.00 bits per heavy atom. The highest BCUT2D eigenvalue weighted by molar-refractivity contribution is 5.79. The number of hydrogen-bond donors (Lipinski definition) is 2. The third-order valence-electron chi connectivity index (χ3n) is 9.62. The number of nitrogens with one attached hydrogen (secondary N) is 1. The molecular weight excluding hydrogens is 400 g/mol. The average Bonchev–Trinajstić information content (AvgIpc) is 2.67. The predicted molar refractivity (Wildman–Crippen MR) is 113 cm³/mol. The summed E-state index contributed by atoms with van der Waals surface area (Å²) in [7, 11) is 0. The van der Waals surface area contributed by atoms with Crippen LogP contribution in [0.5, 0.6) is 0 Å². The molecule has 2 atom stereocenters. The molecule has 8 fully saturated rings. The molecule has 3 heterocycles. The second-order valence-electron chi connectivity index (χ2n) is 12.2. The van der Waals surface area contributed by atoms with E-state index in [1.807, 2.05) is 0 Å². The highest BCUT2D eigenvalue weighted by atomic mass is 19.3. The van der Waals surface area contributed by atoms with Crippen LogP contribution in [0.3, 0.4) is 0 Å². The minimum absolute atomic E-state index is 0.0723. The van der Waals surface area contributed by atoms with E-state index >= 15 is 0 Å². The quantitative estimate of drug-likeness (QED) is 0.695. The summed E-state index contributed by atoms with van der Waals surface area (Å²) in [5, 5.41) is 14.3. The van der Waals surface area contributed by atoms with Crippen LogP contribution in [-0.2, 0) is 4.79 Å². The standard InChI is InChI=1S/C24H37F2N3O2/c25-24(26)3-1-23(31,2-4-24)15-29-19-8-20(29)13-28(12-19)14-21(30)27-22-9-16-5-17(10-22)7-18(6-16)11-22/h16-20,31H,1-15H2,(H,27,30). The summed E-state index contributed by atoms with van der Waals surface area (Å²) in [5.41, 5.74) is -0.903. The van der Waals surface area contributed by atoms with Crippen molar-refractivity contribution in [1.82, 2.24) is 15.1 Å². The van der Waals surface area contributed by atoms with Gasteiger partial charge in [-0.1, -0.05) is 0 Å². The summed E-state index contributed by atoms with van der Waals surface area (Å²) in [4.78, 5) is 17.5. The first-order valence-corrected chi connectivity index (χ1v) is 12.6. The van der Waals surface area contributed by atoms with Crippen molar-refractivity contribution in [2.75, 3.05) is 26.2 Å². The van der Waals surface area contributed by atoms with Crippen LogP contribution < -0.4 is 5.32 Å². The molecule has 5 aliphatic carbocycles. The fourth-order valence-electron chi connectivity index (χ4n) is 8.54. The molecule has 3 aliphatic heterocycles. The summed E-state index contributed by atoms with van der Waals surface area (Å²) in [6.07, 6.45) is 8.75. The number of fused-ring (bicyclic) bond motifs is 2. The van der Waals surface area contributed by atoms with Crippen LogP contribution in [-0.4, -0.2) is 76.1 Å². The van der Waals surface area contributed by atoms with Crippen LogP contribution in [0.15, 0.2) is 0 Å². The molecule has 0 spiro atoms. The fraction of sp³-hybridized carbons (Fsp3) is 0.958. The summed E-state index contributed by atoms with van der Waals surface area (Å²) < 4.78 is 27.0. The Morgan fingerprint density at radius 1 is 0.903 bits per heavy atom. The first kappa shape index (κ1) is 20.8. The number of nitrogens with zero attached hydrogens (tertiary/aromatic N) is 2. The minimum atomic E-state index is -2.61. The van der Waals surface area contributed by atoms with Crippen LogP contribution >= 0.6 is 0 Å². The zero-order chi connectivity index (χ0) is 21.4. The van der Waals surface area contributed by atoms with Gasteiger partial charge in [-0.2, -0.15) is 0 Å². The fourth-order valence-corrected chi connectivity index (χ4v) is 8.54. The van der Waals surface area contributed by atoms with Gasteiger partial charge in [0.25, 0.3) is 0 Å². The summed E-state index contributed by atoms with van der Waals surface area (Å²) >= 11 is 0. The number of piperazine rings is 1. The summed E-state index contributed by atoms with van der Waals surface area (Å²) in [6.45, 7) is 2.67. The third kappa shape index (κ3) is 3.93. The molecule has 1 amide bonds. The largest absolute Gasteiger partial charge is 0.389 e. The highest BCUT2D eigenvalue weighted by Gasteiger charge is 2.53. The van der Waals surface area contributed by atoms with Gasteiger partial charge in [-0.15, -0.1) is 0 Å². The van der Waals surface area contributed by atoms with E-state index in [0.29, 0.717) is 25.2 Å². The maximum absolute atomic E-state index is 13.5. The zero-order valence-electron chi connectivity index (χ0n) is 18.5. The number of amides is 1. The smallest absolute Gasteiger partial charge is 0.248 e. The molecule has 2 N–H and O–H groups in total. The summed E-state index contributed by atoms with van der Waals surface area (Å²) in [5.74, 6) is 0.0514. The molecule has 6 bridgehead atoms. The Bertz CT molecular complexity index is 687. The van der Waals surface area contributed by atoms with Crippen LogP contribution in [0.2, 0.25) is 0 Å². The van der Waals surface area contributed by atoms with E-state index in [-0.39, 0.29) is 37.1 Å². The van der Waals surface area contributed by atoms with Crippen LogP contribution in [0.4, 0.5) is 8.78 Å². The molecule has 174 valence electrons. The maximum Gasteiger partial charge on any atom is 0.248 e. The van der Waals surface area contributed by atoms with Gasteiger partial charge in [0, 0.05) is 50.1 Å². The predicted octanol–water partition coefficient (Wildman–Crippen LogP) is 2.77. The van der Waals surface area contributed by atoms with Gasteiger partial charge in [-0.25, -0.2) is 8.78 Å². The number of hydrogen-bond acceptors (Lipinski definition) is 4. The maximum atomic E-state index is 13.5. The van der Waals surface area contributed by atoms with E-state index in [1.54, 1.807) is 0 Å². The molecule has 7 heteroatoms. The normalized spacial score (nSPS) is 45.3. The number of halogens is 2. The van der Waals surface area contributed by atoms with Gasteiger partial charge in [0.15, 0.2) is 0 Å². The SMILES string of the molecule is O=C(CN1CC2CC(C1)N2CC1(O)CCC(F)(F)CC1)NC12CC3CC(CC(C3)C1)C2. The Kier molecular flexibility index (Phi) is 4.76. The van der Waals surface area contributed by atoms with Crippen molar-refractivity contribution in [3.63, 3.8) is 0 Å². The lowest BCUT2D eigenvalue weighted by atomic mass is 9.53. The van der Waals surface area contributed by atoms with Crippen molar-refractivity contribution in [2.45, 2.75) is 99.8 Å². The van der Waals surface area contributed by atoms with Crippen molar-refractivity contribution in [2.24, 2.45) is 17.8 Å². The zero-order valence-corrected chi connectivity index (χ0v) is 18.5. The molecule has 3 saturated heterocycles. The van der Waals surface area contributed by atoms with E-state index in [9.17, 15) is 18.7 Å². The van der Waals surface area contributed by atoms with E-state index < -0.39 is 11.5 Å². The van der Waals surface area contributed by atoms with Crippen molar-refractivity contribution in [3.05, 3.63) is 0 Å². The molecule has 2 unspecified atom stereocenters. The second kappa shape index (κ2) is 7.10. The topological polar surface area (TPSA) is 55.8 Å². The van der Waals surface area contributed by atoms with E-state index in [2.05, 4.69) is 15.1 Å². The lowest BCUT2D eigenvalue weighted by molar-refractivity contribution is -0.152. The Morgan fingerprint density at radius 2 is 1.45 bits per heavy atom. The first-order chi connectivity index (χ1) is 14.7. The van der Waals surface area contributed by atoms with E-state index in [1.165, 1.54) is 38.5 Å². The van der Waals surface area contributed by atoms with Gasteiger partial charge in [-0.3, -0.25) is 14.6 Å². The average molecular weight is 438 g/mol. The lowest BCUT2D eigenvalue weighted by Crippen LogP contribution is -2.71. The van der Waals surface area contributed by atoms with Crippen molar-refractivity contribution in [1.29, 1.82) is 0 Å². The Labute approximate surface area is 183 Å². The van der Waals surface area contributed by atoms with E-state index in [4.69, 9.17) is 0 Å². The molecule has 8 rings (SSSR count). The van der Waals surface area contributed by atoms with Crippen molar-refractivity contribution in [3.8, 4) is 0 Å². The molecule has 0 aromatic carbocycles. The van der Waals surface area contributed by atoms with Crippen LogP contribution in [0.1, 0.15) is 70.6 Å². The molecule has 5 saturated carbocycles. The molecule has 0 radical (unpaired) electrons. The van der Waals surface area contributed by atoms with Gasteiger partial charge in [-0.05, 0) is 75.5 Å².